The van der Waals surface area contributed by atoms with Crippen LogP contribution in [0.25, 0.3) is 0 Å². The Kier molecular flexibility index (Phi) is 4.75. The highest BCUT2D eigenvalue weighted by molar-refractivity contribution is 5.64. The minimum atomic E-state index is -1.22. The average molecular weight is 269 g/mol. The van der Waals surface area contributed by atoms with Gasteiger partial charge in [-0.25, -0.2) is 4.39 Å². The maximum atomic E-state index is 13.5. The molecule has 0 radical (unpaired) electrons. The second-order valence-electron chi connectivity index (χ2n) is 4.21. The van der Waals surface area contributed by atoms with Gasteiger partial charge in [0.1, 0.15) is 11.5 Å². The van der Waals surface area contributed by atoms with E-state index in [1.54, 1.807) is 13.8 Å². The molecule has 102 valence electrons. The molecule has 0 atom stereocenters. The van der Waals surface area contributed by atoms with E-state index in [9.17, 15) is 18.9 Å². The van der Waals surface area contributed by atoms with E-state index in [1.807, 2.05) is 6.07 Å². The van der Waals surface area contributed by atoms with E-state index in [0.29, 0.717) is 6.07 Å². The number of nitriles is 1. The van der Waals surface area contributed by atoms with Gasteiger partial charge in [0.05, 0.1) is 17.4 Å². The van der Waals surface area contributed by atoms with Crippen LogP contribution in [0.3, 0.4) is 0 Å². The number of hydrogen-bond acceptors (Lipinski definition) is 4. The summed E-state index contributed by atoms with van der Waals surface area (Å²) in [6.07, 6.45) is 0.105. The Balaban J connectivity index is 3.36. The zero-order valence-electron chi connectivity index (χ0n) is 10.6. The average Bonchev–Trinajstić information content (AvgIpc) is 2.27. The molecule has 1 rings (SSSR count). The molecule has 0 unspecified atom stereocenters. The molecule has 0 aliphatic heterocycles. The van der Waals surface area contributed by atoms with Gasteiger partial charge in [-0.1, -0.05) is 0 Å². The van der Waals surface area contributed by atoms with Crippen molar-refractivity contribution >= 4 is 11.4 Å². The third-order valence-electron chi connectivity index (χ3n) is 2.59. The molecule has 0 heterocycles. The topological polar surface area (TPSA) is 70.2 Å². The highest BCUT2D eigenvalue weighted by atomic mass is 19.1. The monoisotopic (exact) mass is 269 g/mol. The first-order valence-electron chi connectivity index (χ1n) is 5.65. The fraction of sp³-hybridized carbons (Fsp3) is 0.417. The Morgan fingerprint density at radius 2 is 2.11 bits per heavy atom. The lowest BCUT2D eigenvalue weighted by atomic mass is 10.2. The molecule has 0 saturated heterocycles. The van der Waals surface area contributed by atoms with Gasteiger partial charge in [0.2, 0.25) is 5.82 Å². The van der Waals surface area contributed by atoms with Gasteiger partial charge in [-0.15, -0.1) is 0 Å². The van der Waals surface area contributed by atoms with Gasteiger partial charge in [-0.05, 0) is 13.8 Å². The van der Waals surface area contributed by atoms with E-state index in [-0.39, 0.29) is 24.7 Å². The highest BCUT2D eigenvalue weighted by Gasteiger charge is 2.27. The number of nitrogens with zero attached hydrogens (tertiary/aromatic N) is 3. The normalized spacial score (nSPS) is 10.3. The molecule has 19 heavy (non-hydrogen) atoms. The quantitative estimate of drug-likeness (QED) is 0.608. The van der Waals surface area contributed by atoms with E-state index in [4.69, 9.17) is 5.26 Å². The molecule has 0 N–H and O–H groups in total. The maximum absolute atomic E-state index is 13.5. The highest BCUT2D eigenvalue weighted by Crippen LogP contribution is 2.33. The first-order valence-corrected chi connectivity index (χ1v) is 5.65. The minimum absolute atomic E-state index is 0.105. The van der Waals surface area contributed by atoms with Crippen LogP contribution in [0.15, 0.2) is 12.1 Å². The van der Waals surface area contributed by atoms with Crippen molar-refractivity contribution in [1.82, 2.24) is 0 Å². The summed E-state index contributed by atoms with van der Waals surface area (Å²) < 4.78 is 26.8. The second-order valence-corrected chi connectivity index (χ2v) is 4.21. The molecule has 0 fully saturated rings. The fourth-order valence-corrected chi connectivity index (χ4v) is 1.78. The predicted octanol–water partition coefficient (Wildman–Crippen LogP) is 3.00. The van der Waals surface area contributed by atoms with Gasteiger partial charge in [0.15, 0.2) is 0 Å². The second kappa shape index (κ2) is 6.09. The number of nitro groups is 1. The molecule has 0 spiro atoms. The van der Waals surface area contributed by atoms with Gasteiger partial charge in [0.25, 0.3) is 0 Å². The molecule has 0 aliphatic rings. The summed E-state index contributed by atoms with van der Waals surface area (Å²) in [6.45, 7) is 3.62. The van der Waals surface area contributed by atoms with E-state index in [1.165, 1.54) is 4.90 Å². The van der Waals surface area contributed by atoms with Gasteiger partial charge < -0.3 is 4.90 Å². The summed E-state index contributed by atoms with van der Waals surface area (Å²) in [5, 5.41) is 19.5. The SMILES string of the molecule is CC(C)N(CCC#N)c1cc(F)cc(F)c1[N+](=O)[O-]. The first-order chi connectivity index (χ1) is 8.88. The number of benzene rings is 1. The molecule has 1 aromatic carbocycles. The van der Waals surface area contributed by atoms with Crippen LogP contribution < -0.4 is 4.90 Å². The van der Waals surface area contributed by atoms with E-state index in [2.05, 4.69) is 0 Å². The molecular weight excluding hydrogens is 256 g/mol. The Hall–Kier alpha value is -2.23. The number of anilines is 1. The van der Waals surface area contributed by atoms with Crippen LogP contribution >= 0.6 is 0 Å². The van der Waals surface area contributed by atoms with Crippen molar-refractivity contribution in [1.29, 1.82) is 5.26 Å². The Bertz CT molecular complexity index is 526. The van der Waals surface area contributed by atoms with Crippen molar-refractivity contribution < 1.29 is 13.7 Å². The van der Waals surface area contributed by atoms with Gasteiger partial charge >= 0.3 is 5.69 Å². The molecule has 0 amide bonds. The molecule has 0 saturated carbocycles. The summed E-state index contributed by atoms with van der Waals surface area (Å²) >= 11 is 0. The third kappa shape index (κ3) is 3.37. The summed E-state index contributed by atoms with van der Waals surface area (Å²) in [5.41, 5.74) is -0.916. The van der Waals surface area contributed by atoms with Crippen molar-refractivity contribution in [3.63, 3.8) is 0 Å². The summed E-state index contributed by atoms with van der Waals surface area (Å²) in [7, 11) is 0. The number of rotatable bonds is 5. The first kappa shape index (κ1) is 14.8. The smallest absolute Gasteiger partial charge is 0.328 e. The molecule has 0 bridgehead atoms. The van der Waals surface area contributed by atoms with Crippen LogP contribution in [0.1, 0.15) is 20.3 Å². The van der Waals surface area contributed by atoms with Crippen LogP contribution in [0.4, 0.5) is 20.2 Å². The molecule has 0 aromatic heterocycles. The molecule has 7 heteroatoms. The van der Waals surface area contributed by atoms with E-state index < -0.39 is 22.2 Å². The third-order valence-corrected chi connectivity index (χ3v) is 2.59. The number of halogens is 2. The lowest BCUT2D eigenvalue weighted by molar-refractivity contribution is -0.386. The lowest BCUT2D eigenvalue weighted by Gasteiger charge is -2.27. The fourth-order valence-electron chi connectivity index (χ4n) is 1.78. The maximum Gasteiger partial charge on any atom is 0.328 e. The van der Waals surface area contributed by atoms with Crippen LogP contribution in [-0.2, 0) is 0 Å². The van der Waals surface area contributed by atoms with Crippen molar-refractivity contribution in [2.24, 2.45) is 0 Å². The van der Waals surface area contributed by atoms with Crippen LogP contribution in [0.5, 0.6) is 0 Å². The van der Waals surface area contributed by atoms with Crippen molar-refractivity contribution in [3.8, 4) is 6.07 Å². The largest absolute Gasteiger partial charge is 0.362 e. The Labute approximate surface area is 109 Å². The number of nitro benzene ring substituents is 1. The van der Waals surface area contributed by atoms with E-state index >= 15 is 0 Å². The lowest BCUT2D eigenvalue weighted by Crippen LogP contribution is -2.32. The zero-order chi connectivity index (χ0) is 14.6. The van der Waals surface area contributed by atoms with Gasteiger partial charge in [-0.2, -0.15) is 9.65 Å². The van der Waals surface area contributed by atoms with Gasteiger partial charge in [-0.3, -0.25) is 10.1 Å². The molecular formula is C12H13F2N3O2. The summed E-state index contributed by atoms with van der Waals surface area (Å²) in [5.74, 6) is -2.11. The summed E-state index contributed by atoms with van der Waals surface area (Å²) in [4.78, 5) is 11.5. The van der Waals surface area contributed by atoms with Crippen molar-refractivity contribution in [2.75, 3.05) is 11.4 Å². The Morgan fingerprint density at radius 3 is 2.58 bits per heavy atom. The van der Waals surface area contributed by atoms with Crippen LogP contribution in [-0.4, -0.2) is 17.5 Å². The Morgan fingerprint density at radius 1 is 1.47 bits per heavy atom. The van der Waals surface area contributed by atoms with Crippen molar-refractivity contribution in [2.45, 2.75) is 26.3 Å². The predicted molar refractivity (Wildman–Crippen MR) is 65.7 cm³/mol. The van der Waals surface area contributed by atoms with Crippen LogP contribution in [0.2, 0.25) is 0 Å². The molecule has 0 aliphatic carbocycles. The van der Waals surface area contributed by atoms with Gasteiger partial charge in [0, 0.05) is 24.7 Å². The van der Waals surface area contributed by atoms with E-state index in [0.717, 1.165) is 6.07 Å². The minimum Gasteiger partial charge on any atom is -0.362 e. The van der Waals surface area contributed by atoms with Crippen LogP contribution in [0, 0.1) is 33.1 Å². The van der Waals surface area contributed by atoms with Crippen molar-refractivity contribution in [3.05, 3.63) is 33.9 Å². The molecule has 5 nitrogen and oxygen atoms in total. The standard InChI is InChI=1S/C12H13F2N3O2/c1-8(2)16(5-3-4-15)11-7-9(13)6-10(14)12(11)17(18)19/h6-8H,3,5H2,1-2H3. The summed E-state index contributed by atoms with van der Waals surface area (Å²) in [6, 6.07) is 3.07. The zero-order valence-corrected chi connectivity index (χ0v) is 10.6. The molecule has 1 aromatic rings. The number of hydrogen-bond donors (Lipinski definition) is 0.